The Bertz CT molecular complexity index is 462. The molecule has 0 saturated carbocycles. The van der Waals surface area contributed by atoms with E-state index in [2.05, 4.69) is 66.1 Å². The Kier molecular flexibility index (Phi) is 5.30. The van der Waals surface area contributed by atoms with Crippen LogP contribution in [-0.4, -0.2) is 6.54 Å². The number of hydrogen-bond acceptors (Lipinski definition) is 2. The van der Waals surface area contributed by atoms with Gasteiger partial charge in [0.25, 0.3) is 0 Å². The van der Waals surface area contributed by atoms with E-state index in [1.54, 1.807) is 0 Å². The van der Waals surface area contributed by atoms with E-state index in [4.69, 9.17) is 0 Å². The quantitative estimate of drug-likeness (QED) is 0.710. The summed E-state index contributed by atoms with van der Waals surface area (Å²) in [4.78, 5) is 0. The largest absolute Gasteiger partial charge is 0.385 e. The highest BCUT2D eigenvalue weighted by Gasteiger charge is 1.95. The number of nitrogens with one attached hydrogen (secondary N) is 2. The number of anilines is 2. The van der Waals surface area contributed by atoms with Crippen molar-refractivity contribution in [2.45, 2.75) is 26.3 Å². The molecule has 2 nitrogen and oxygen atoms in total. The third kappa shape index (κ3) is 4.66. The van der Waals surface area contributed by atoms with Gasteiger partial charge < -0.3 is 10.6 Å². The number of unbranched alkanes of at least 4 members (excludes halogenated alkanes) is 1. The molecule has 0 atom stereocenters. The van der Waals surface area contributed by atoms with Gasteiger partial charge in [-0.15, -0.1) is 0 Å². The first-order valence-corrected chi connectivity index (χ1v) is 7.00. The zero-order valence-electron chi connectivity index (χ0n) is 11.5. The molecule has 2 rings (SSSR count). The molecule has 0 unspecified atom stereocenters. The smallest absolute Gasteiger partial charge is 0.0400 e. The molecule has 0 amide bonds. The van der Waals surface area contributed by atoms with Crippen molar-refractivity contribution in [1.29, 1.82) is 0 Å². The van der Waals surface area contributed by atoms with Crippen LogP contribution in [0.2, 0.25) is 0 Å². The van der Waals surface area contributed by atoms with Gasteiger partial charge in [0.1, 0.15) is 0 Å². The van der Waals surface area contributed by atoms with Crippen LogP contribution in [0.15, 0.2) is 54.6 Å². The first-order chi connectivity index (χ1) is 9.38. The zero-order valence-corrected chi connectivity index (χ0v) is 11.5. The Morgan fingerprint density at radius 1 is 0.789 bits per heavy atom. The molecule has 100 valence electrons. The fourth-order valence-electron chi connectivity index (χ4n) is 1.92. The van der Waals surface area contributed by atoms with E-state index >= 15 is 0 Å². The van der Waals surface area contributed by atoms with Crippen molar-refractivity contribution < 1.29 is 0 Å². The Morgan fingerprint density at radius 2 is 1.42 bits per heavy atom. The summed E-state index contributed by atoms with van der Waals surface area (Å²) in [5.74, 6) is 0. The number of rotatable bonds is 7. The Morgan fingerprint density at radius 3 is 2.05 bits per heavy atom. The summed E-state index contributed by atoms with van der Waals surface area (Å²) in [5, 5.41) is 6.85. The lowest BCUT2D eigenvalue weighted by atomic mass is 10.2. The molecule has 0 fully saturated rings. The van der Waals surface area contributed by atoms with E-state index < -0.39 is 0 Å². The maximum Gasteiger partial charge on any atom is 0.0400 e. The maximum absolute atomic E-state index is 3.43. The predicted octanol–water partition coefficient (Wildman–Crippen LogP) is 4.51. The van der Waals surface area contributed by atoms with Crippen LogP contribution < -0.4 is 10.6 Å². The second-order valence-corrected chi connectivity index (χ2v) is 4.70. The second kappa shape index (κ2) is 7.47. The minimum atomic E-state index is 0.865. The molecule has 19 heavy (non-hydrogen) atoms. The van der Waals surface area contributed by atoms with Crippen LogP contribution in [0.25, 0.3) is 0 Å². The van der Waals surface area contributed by atoms with Crippen LogP contribution in [-0.2, 0) is 6.54 Å². The summed E-state index contributed by atoms with van der Waals surface area (Å²) in [6.07, 6.45) is 2.44. The Hall–Kier alpha value is -1.96. The topological polar surface area (TPSA) is 24.1 Å². The third-order valence-electron chi connectivity index (χ3n) is 3.08. The molecular formula is C17H22N2. The van der Waals surface area contributed by atoms with Crippen molar-refractivity contribution in [3.63, 3.8) is 0 Å². The molecule has 0 radical (unpaired) electrons. The first-order valence-electron chi connectivity index (χ1n) is 7.00. The Balaban J connectivity index is 1.81. The highest BCUT2D eigenvalue weighted by Crippen LogP contribution is 2.14. The summed E-state index contributed by atoms with van der Waals surface area (Å²) in [7, 11) is 0. The van der Waals surface area contributed by atoms with Gasteiger partial charge in [-0.05, 0) is 36.2 Å². The molecule has 0 aliphatic rings. The number of hydrogen-bond donors (Lipinski definition) is 2. The van der Waals surface area contributed by atoms with E-state index in [-0.39, 0.29) is 0 Å². The van der Waals surface area contributed by atoms with E-state index in [0.29, 0.717) is 0 Å². The van der Waals surface area contributed by atoms with Gasteiger partial charge in [-0.25, -0.2) is 0 Å². The van der Waals surface area contributed by atoms with Gasteiger partial charge in [0.15, 0.2) is 0 Å². The maximum atomic E-state index is 3.43. The van der Waals surface area contributed by atoms with Gasteiger partial charge in [-0.1, -0.05) is 43.7 Å². The molecule has 0 aliphatic carbocycles. The summed E-state index contributed by atoms with van der Waals surface area (Å²) < 4.78 is 0. The molecule has 2 aromatic carbocycles. The highest BCUT2D eigenvalue weighted by molar-refractivity contribution is 5.53. The average molecular weight is 254 g/mol. The van der Waals surface area contributed by atoms with Gasteiger partial charge in [-0.3, -0.25) is 0 Å². The van der Waals surface area contributed by atoms with Crippen molar-refractivity contribution >= 4 is 11.4 Å². The van der Waals surface area contributed by atoms with Crippen LogP contribution in [0.5, 0.6) is 0 Å². The highest BCUT2D eigenvalue weighted by atomic mass is 14.9. The van der Waals surface area contributed by atoms with Crippen molar-refractivity contribution in [2.24, 2.45) is 0 Å². The minimum absolute atomic E-state index is 0.865. The summed E-state index contributed by atoms with van der Waals surface area (Å²) in [6.45, 7) is 4.12. The lowest BCUT2D eigenvalue weighted by Gasteiger charge is -2.09. The van der Waals surface area contributed by atoms with Gasteiger partial charge >= 0.3 is 0 Å². The fourth-order valence-corrected chi connectivity index (χ4v) is 1.92. The van der Waals surface area contributed by atoms with Gasteiger partial charge in [0, 0.05) is 24.5 Å². The molecule has 0 heterocycles. The summed E-state index contributed by atoms with van der Waals surface area (Å²) in [6, 6.07) is 18.9. The van der Waals surface area contributed by atoms with Crippen molar-refractivity contribution in [3.8, 4) is 0 Å². The molecule has 2 heteroatoms. The predicted molar refractivity (Wildman–Crippen MR) is 83.6 cm³/mol. The summed E-state index contributed by atoms with van der Waals surface area (Å²) >= 11 is 0. The molecule has 2 N–H and O–H groups in total. The van der Waals surface area contributed by atoms with Crippen molar-refractivity contribution in [2.75, 3.05) is 17.2 Å². The molecule has 2 aromatic rings. The van der Waals surface area contributed by atoms with E-state index in [1.165, 1.54) is 24.1 Å². The van der Waals surface area contributed by atoms with E-state index in [9.17, 15) is 0 Å². The molecule has 0 saturated heterocycles. The van der Waals surface area contributed by atoms with Crippen LogP contribution in [0.4, 0.5) is 11.4 Å². The van der Waals surface area contributed by atoms with E-state index in [1.807, 2.05) is 6.07 Å². The van der Waals surface area contributed by atoms with E-state index in [0.717, 1.165) is 18.8 Å². The van der Waals surface area contributed by atoms with Crippen molar-refractivity contribution in [1.82, 2.24) is 0 Å². The minimum Gasteiger partial charge on any atom is -0.385 e. The van der Waals surface area contributed by atoms with Gasteiger partial charge in [-0.2, -0.15) is 0 Å². The van der Waals surface area contributed by atoms with Gasteiger partial charge in [0.2, 0.25) is 0 Å². The molecule has 0 aromatic heterocycles. The summed E-state index contributed by atoms with van der Waals surface area (Å²) in [5.41, 5.74) is 3.65. The SMILES string of the molecule is CCCCNc1ccc(NCc2ccccc2)cc1. The molecule has 0 bridgehead atoms. The standard InChI is InChI=1S/C17H22N2/c1-2-3-13-18-16-9-11-17(12-10-16)19-14-15-7-5-4-6-8-15/h4-12,18-19H,2-3,13-14H2,1H3. The Labute approximate surface area is 115 Å². The molecule has 0 aliphatic heterocycles. The second-order valence-electron chi connectivity index (χ2n) is 4.70. The normalized spacial score (nSPS) is 10.2. The zero-order chi connectivity index (χ0) is 13.3. The lowest BCUT2D eigenvalue weighted by molar-refractivity contribution is 0.834. The average Bonchev–Trinajstić information content (AvgIpc) is 2.48. The van der Waals surface area contributed by atoms with Gasteiger partial charge in [0.05, 0.1) is 0 Å². The third-order valence-corrected chi connectivity index (χ3v) is 3.08. The molecular weight excluding hydrogens is 232 g/mol. The van der Waals surface area contributed by atoms with Crippen molar-refractivity contribution in [3.05, 3.63) is 60.2 Å². The first kappa shape index (κ1) is 13.5. The fraction of sp³-hybridized carbons (Fsp3) is 0.294. The lowest BCUT2D eigenvalue weighted by Crippen LogP contribution is -2.02. The van der Waals surface area contributed by atoms with Crippen LogP contribution in [0.3, 0.4) is 0 Å². The number of benzene rings is 2. The van der Waals surface area contributed by atoms with Crippen LogP contribution in [0, 0.1) is 0 Å². The monoisotopic (exact) mass is 254 g/mol. The van der Waals surface area contributed by atoms with Crippen LogP contribution in [0.1, 0.15) is 25.3 Å². The molecule has 0 spiro atoms. The van der Waals surface area contributed by atoms with Crippen LogP contribution >= 0.6 is 0 Å².